The molecule has 0 heterocycles. The minimum atomic E-state index is 0.677. The van der Waals surface area contributed by atoms with E-state index in [1.54, 1.807) is 0 Å². The van der Waals surface area contributed by atoms with E-state index in [1.807, 2.05) is 78.9 Å². The standard InChI is InChI=1S/C21H18N2S/c24-20(16-17-10-4-1-5-11-17)22-23-21(18-12-6-2-7-13-18)19-14-8-3-9-15-19/h1-15H,16H2,(H,22,24). The number of rotatable bonds is 5. The molecule has 3 aromatic carbocycles. The normalized spacial score (nSPS) is 10.0. The first-order valence-corrected chi connectivity index (χ1v) is 8.25. The van der Waals surface area contributed by atoms with Crippen molar-refractivity contribution in [3.8, 4) is 0 Å². The van der Waals surface area contributed by atoms with E-state index in [4.69, 9.17) is 12.2 Å². The molecule has 1 N–H and O–H groups in total. The van der Waals surface area contributed by atoms with Crippen LogP contribution in [0.4, 0.5) is 0 Å². The molecule has 0 aliphatic heterocycles. The molecule has 2 nitrogen and oxygen atoms in total. The lowest BCUT2D eigenvalue weighted by Crippen LogP contribution is -2.20. The Morgan fingerprint density at radius 2 is 1.17 bits per heavy atom. The van der Waals surface area contributed by atoms with Gasteiger partial charge in [-0.15, -0.1) is 0 Å². The zero-order valence-electron chi connectivity index (χ0n) is 13.2. The van der Waals surface area contributed by atoms with Crippen LogP contribution in [0.3, 0.4) is 0 Å². The van der Waals surface area contributed by atoms with Crippen LogP contribution in [0.2, 0.25) is 0 Å². The summed E-state index contributed by atoms with van der Waals surface area (Å²) in [7, 11) is 0. The lowest BCUT2D eigenvalue weighted by atomic mass is 10.0. The van der Waals surface area contributed by atoms with Gasteiger partial charge < -0.3 is 0 Å². The molecule has 0 aromatic heterocycles. The molecule has 0 amide bonds. The van der Waals surface area contributed by atoms with Crippen molar-refractivity contribution in [1.82, 2.24) is 5.43 Å². The van der Waals surface area contributed by atoms with Crippen molar-refractivity contribution in [3.63, 3.8) is 0 Å². The average molecular weight is 330 g/mol. The van der Waals surface area contributed by atoms with E-state index in [9.17, 15) is 0 Å². The Hall–Kier alpha value is -2.78. The van der Waals surface area contributed by atoms with Crippen molar-refractivity contribution < 1.29 is 0 Å². The summed E-state index contributed by atoms with van der Waals surface area (Å²) in [6, 6.07) is 30.4. The molecular weight excluding hydrogens is 312 g/mol. The second kappa shape index (κ2) is 8.18. The molecule has 3 heteroatoms. The highest BCUT2D eigenvalue weighted by Crippen LogP contribution is 2.10. The molecule has 0 aliphatic carbocycles. The maximum atomic E-state index is 5.44. The van der Waals surface area contributed by atoms with E-state index in [1.165, 1.54) is 5.56 Å². The molecule has 0 bridgehead atoms. The maximum Gasteiger partial charge on any atom is 0.101 e. The summed E-state index contributed by atoms with van der Waals surface area (Å²) in [6.45, 7) is 0. The third kappa shape index (κ3) is 4.37. The van der Waals surface area contributed by atoms with Crippen molar-refractivity contribution >= 4 is 22.9 Å². The Labute approximate surface area is 147 Å². The largest absolute Gasteiger partial charge is 0.271 e. The summed E-state index contributed by atoms with van der Waals surface area (Å²) in [4.78, 5) is 0.700. The molecule has 24 heavy (non-hydrogen) atoms. The first-order valence-electron chi connectivity index (χ1n) is 7.84. The number of benzene rings is 3. The smallest absolute Gasteiger partial charge is 0.101 e. The van der Waals surface area contributed by atoms with Crippen LogP contribution in [0.15, 0.2) is 96.1 Å². The maximum absolute atomic E-state index is 5.44. The van der Waals surface area contributed by atoms with Crippen LogP contribution < -0.4 is 5.43 Å². The van der Waals surface area contributed by atoms with Crippen molar-refractivity contribution in [2.24, 2.45) is 5.10 Å². The molecule has 0 spiro atoms. The average Bonchev–Trinajstić information content (AvgIpc) is 2.64. The van der Waals surface area contributed by atoms with Gasteiger partial charge in [0.25, 0.3) is 0 Å². The summed E-state index contributed by atoms with van der Waals surface area (Å²) < 4.78 is 0. The van der Waals surface area contributed by atoms with Gasteiger partial charge in [-0.05, 0) is 5.56 Å². The molecule has 0 aliphatic rings. The Kier molecular flexibility index (Phi) is 5.48. The number of nitrogens with one attached hydrogen (secondary N) is 1. The van der Waals surface area contributed by atoms with Gasteiger partial charge >= 0.3 is 0 Å². The van der Waals surface area contributed by atoms with Crippen molar-refractivity contribution in [1.29, 1.82) is 0 Å². The Balaban J connectivity index is 1.81. The third-order valence-electron chi connectivity index (χ3n) is 3.59. The SMILES string of the molecule is S=C(Cc1ccccc1)NN=C(c1ccccc1)c1ccccc1. The summed E-state index contributed by atoms with van der Waals surface area (Å²) in [5.74, 6) is 0. The molecule has 118 valence electrons. The van der Waals surface area contributed by atoms with Gasteiger partial charge in [0.15, 0.2) is 0 Å². The Morgan fingerprint density at radius 1 is 0.708 bits per heavy atom. The van der Waals surface area contributed by atoms with E-state index in [0.29, 0.717) is 11.4 Å². The van der Waals surface area contributed by atoms with Gasteiger partial charge in [-0.25, -0.2) is 0 Å². The highest BCUT2D eigenvalue weighted by Gasteiger charge is 2.07. The lowest BCUT2D eigenvalue weighted by Gasteiger charge is -2.09. The van der Waals surface area contributed by atoms with E-state index in [-0.39, 0.29) is 0 Å². The second-order valence-electron chi connectivity index (χ2n) is 5.39. The molecule has 0 unspecified atom stereocenters. The van der Waals surface area contributed by atoms with E-state index in [0.717, 1.165) is 16.8 Å². The zero-order valence-corrected chi connectivity index (χ0v) is 14.0. The van der Waals surface area contributed by atoms with Gasteiger partial charge in [0.05, 0.1) is 5.71 Å². The monoisotopic (exact) mass is 330 g/mol. The van der Waals surface area contributed by atoms with Crippen molar-refractivity contribution in [2.45, 2.75) is 6.42 Å². The number of nitrogens with zero attached hydrogens (tertiary/aromatic N) is 1. The van der Waals surface area contributed by atoms with E-state index in [2.05, 4.69) is 22.7 Å². The molecule has 0 fully saturated rings. The molecule has 3 rings (SSSR count). The summed E-state index contributed by atoms with van der Waals surface area (Å²) in [5.41, 5.74) is 7.21. The molecule has 0 atom stereocenters. The van der Waals surface area contributed by atoms with Crippen LogP contribution in [0.5, 0.6) is 0 Å². The number of thiocarbonyl (C=S) groups is 1. The highest BCUT2D eigenvalue weighted by molar-refractivity contribution is 7.80. The van der Waals surface area contributed by atoms with Gasteiger partial charge in [0.2, 0.25) is 0 Å². The van der Waals surface area contributed by atoms with Crippen LogP contribution >= 0.6 is 12.2 Å². The number of hydrazone groups is 1. The number of hydrogen-bond acceptors (Lipinski definition) is 2. The number of hydrogen-bond donors (Lipinski definition) is 1. The summed E-state index contributed by atoms with van der Waals surface area (Å²) >= 11 is 5.44. The van der Waals surface area contributed by atoms with E-state index >= 15 is 0 Å². The van der Waals surface area contributed by atoms with Crippen LogP contribution in [-0.2, 0) is 6.42 Å². The topological polar surface area (TPSA) is 24.4 Å². The van der Waals surface area contributed by atoms with Crippen molar-refractivity contribution in [2.75, 3.05) is 0 Å². The van der Waals surface area contributed by atoms with Crippen LogP contribution in [0.1, 0.15) is 16.7 Å². The molecule has 3 aromatic rings. The lowest BCUT2D eigenvalue weighted by molar-refractivity contribution is 1.01. The van der Waals surface area contributed by atoms with Gasteiger partial charge in [-0.2, -0.15) is 5.10 Å². The first kappa shape index (κ1) is 16.1. The molecule has 0 radical (unpaired) electrons. The molecule has 0 saturated heterocycles. The van der Waals surface area contributed by atoms with E-state index < -0.39 is 0 Å². The fourth-order valence-corrected chi connectivity index (χ4v) is 2.64. The Bertz CT molecular complexity index is 771. The van der Waals surface area contributed by atoms with Crippen LogP contribution in [0.25, 0.3) is 0 Å². The van der Waals surface area contributed by atoms with Gasteiger partial charge in [-0.1, -0.05) is 103 Å². The first-order chi connectivity index (χ1) is 11.8. The predicted molar refractivity (Wildman–Crippen MR) is 104 cm³/mol. The third-order valence-corrected chi connectivity index (χ3v) is 3.83. The fourth-order valence-electron chi connectivity index (χ4n) is 2.43. The summed E-state index contributed by atoms with van der Waals surface area (Å²) in [6.07, 6.45) is 0.677. The highest BCUT2D eigenvalue weighted by atomic mass is 32.1. The van der Waals surface area contributed by atoms with Gasteiger partial charge in [-0.3, -0.25) is 5.43 Å². The second-order valence-corrected chi connectivity index (χ2v) is 5.88. The Morgan fingerprint density at radius 3 is 1.67 bits per heavy atom. The fraction of sp³-hybridized carbons (Fsp3) is 0.0476. The van der Waals surface area contributed by atoms with Crippen molar-refractivity contribution in [3.05, 3.63) is 108 Å². The molecular formula is C21H18N2S. The van der Waals surface area contributed by atoms with Gasteiger partial charge in [0, 0.05) is 17.5 Å². The van der Waals surface area contributed by atoms with Crippen LogP contribution in [0, 0.1) is 0 Å². The zero-order chi connectivity index (χ0) is 16.6. The van der Waals surface area contributed by atoms with Crippen LogP contribution in [-0.4, -0.2) is 10.7 Å². The summed E-state index contributed by atoms with van der Waals surface area (Å²) in [5, 5.41) is 4.59. The quantitative estimate of drug-likeness (QED) is 0.420. The minimum Gasteiger partial charge on any atom is -0.271 e. The minimum absolute atomic E-state index is 0.677. The molecule has 0 saturated carbocycles. The predicted octanol–water partition coefficient (Wildman–Crippen LogP) is 4.60. The van der Waals surface area contributed by atoms with Gasteiger partial charge in [0.1, 0.15) is 4.99 Å².